The van der Waals surface area contributed by atoms with E-state index in [9.17, 15) is 4.39 Å². The highest BCUT2D eigenvalue weighted by Crippen LogP contribution is 2.24. The number of nitrogen functional groups attached to an aromatic ring is 1. The van der Waals surface area contributed by atoms with Crippen LogP contribution in [-0.2, 0) is 6.42 Å². The zero-order chi connectivity index (χ0) is 19.2. The Labute approximate surface area is 160 Å². The molecule has 0 radical (unpaired) electrons. The van der Waals surface area contributed by atoms with Crippen molar-refractivity contribution in [1.29, 1.82) is 0 Å². The second-order valence-corrected chi connectivity index (χ2v) is 7.08. The predicted octanol–water partition coefficient (Wildman–Crippen LogP) is 3.47. The minimum atomic E-state index is -0.426. The second kappa shape index (κ2) is 8.99. The maximum Gasteiger partial charge on any atom is 0.229 e. The number of aromatic nitrogens is 2. The first-order valence-corrected chi connectivity index (χ1v) is 9.71. The third kappa shape index (κ3) is 5.07. The molecular formula is C20H29FN6. The number of rotatable bonds is 7. The number of piperidine rings is 1. The number of nitrogens with zero attached hydrogens (tertiary/aromatic N) is 3. The lowest BCUT2D eigenvalue weighted by Crippen LogP contribution is -2.44. The Bertz CT molecular complexity index is 766. The van der Waals surface area contributed by atoms with Crippen molar-refractivity contribution in [2.45, 2.75) is 45.1 Å². The molecule has 0 unspecified atom stereocenters. The topological polar surface area (TPSA) is 79.1 Å². The van der Waals surface area contributed by atoms with E-state index in [2.05, 4.69) is 33.5 Å². The average molecular weight is 372 g/mol. The van der Waals surface area contributed by atoms with Crippen LogP contribution in [0.3, 0.4) is 0 Å². The SMILES string of the molecule is CCCCc1cc(N2CCC[C@@H](NC)C2)nc(Nc2ccc(F)c(N)c2)n1. The summed E-state index contributed by atoms with van der Waals surface area (Å²) < 4.78 is 13.4. The van der Waals surface area contributed by atoms with Crippen molar-refractivity contribution in [1.82, 2.24) is 15.3 Å². The van der Waals surface area contributed by atoms with E-state index >= 15 is 0 Å². The van der Waals surface area contributed by atoms with Gasteiger partial charge in [-0.05, 0) is 50.9 Å². The molecule has 146 valence electrons. The molecule has 0 aliphatic carbocycles. The molecule has 1 aliphatic heterocycles. The van der Waals surface area contributed by atoms with Crippen LogP contribution in [0.25, 0.3) is 0 Å². The van der Waals surface area contributed by atoms with Gasteiger partial charge in [0.15, 0.2) is 0 Å². The van der Waals surface area contributed by atoms with E-state index in [1.807, 2.05) is 7.05 Å². The molecule has 3 rings (SSSR count). The van der Waals surface area contributed by atoms with E-state index in [4.69, 9.17) is 10.7 Å². The molecule has 27 heavy (non-hydrogen) atoms. The number of benzene rings is 1. The van der Waals surface area contributed by atoms with Crippen LogP contribution in [-0.4, -0.2) is 36.1 Å². The molecule has 1 saturated heterocycles. The zero-order valence-electron chi connectivity index (χ0n) is 16.1. The molecule has 4 N–H and O–H groups in total. The molecule has 2 heterocycles. The Kier molecular flexibility index (Phi) is 6.45. The summed E-state index contributed by atoms with van der Waals surface area (Å²) >= 11 is 0. The molecule has 1 aromatic carbocycles. The van der Waals surface area contributed by atoms with E-state index in [1.165, 1.54) is 12.5 Å². The number of unbranched alkanes of at least 4 members (excludes halogenated alkanes) is 1. The molecule has 0 bridgehead atoms. The van der Waals surface area contributed by atoms with Crippen molar-refractivity contribution in [2.24, 2.45) is 0 Å². The van der Waals surface area contributed by atoms with Gasteiger partial charge in [-0.2, -0.15) is 4.98 Å². The molecule has 0 amide bonds. The van der Waals surface area contributed by atoms with Gasteiger partial charge in [-0.25, -0.2) is 9.37 Å². The molecule has 0 spiro atoms. The Morgan fingerprint density at radius 3 is 2.89 bits per heavy atom. The highest BCUT2D eigenvalue weighted by Gasteiger charge is 2.20. The number of nitrogens with two attached hydrogens (primary N) is 1. The van der Waals surface area contributed by atoms with Gasteiger partial charge in [-0.3, -0.25) is 0 Å². The van der Waals surface area contributed by atoms with Crippen molar-refractivity contribution in [3.05, 3.63) is 35.8 Å². The Morgan fingerprint density at radius 1 is 1.30 bits per heavy atom. The molecule has 6 nitrogen and oxygen atoms in total. The van der Waals surface area contributed by atoms with E-state index in [1.54, 1.807) is 12.1 Å². The van der Waals surface area contributed by atoms with Crippen LogP contribution < -0.4 is 21.3 Å². The van der Waals surface area contributed by atoms with E-state index in [-0.39, 0.29) is 5.69 Å². The molecule has 1 fully saturated rings. The quantitative estimate of drug-likeness (QED) is 0.646. The minimum absolute atomic E-state index is 0.107. The Balaban J connectivity index is 1.86. The van der Waals surface area contributed by atoms with E-state index < -0.39 is 5.82 Å². The third-order valence-electron chi connectivity index (χ3n) is 4.96. The summed E-state index contributed by atoms with van der Waals surface area (Å²) in [4.78, 5) is 11.7. The summed E-state index contributed by atoms with van der Waals surface area (Å²) in [6.07, 6.45) is 5.42. The number of halogens is 1. The maximum absolute atomic E-state index is 13.4. The predicted molar refractivity (Wildman–Crippen MR) is 109 cm³/mol. The number of hydrogen-bond acceptors (Lipinski definition) is 6. The number of hydrogen-bond donors (Lipinski definition) is 3. The Hall–Kier alpha value is -2.41. The Morgan fingerprint density at radius 2 is 2.15 bits per heavy atom. The van der Waals surface area contributed by atoms with Gasteiger partial charge in [0.05, 0.1) is 5.69 Å². The third-order valence-corrected chi connectivity index (χ3v) is 4.96. The van der Waals surface area contributed by atoms with Crippen molar-refractivity contribution in [3.63, 3.8) is 0 Å². The number of aryl methyl sites for hydroxylation is 1. The van der Waals surface area contributed by atoms with Crippen LogP contribution in [0.5, 0.6) is 0 Å². The van der Waals surface area contributed by atoms with Crippen molar-refractivity contribution < 1.29 is 4.39 Å². The van der Waals surface area contributed by atoms with Gasteiger partial charge in [0.2, 0.25) is 5.95 Å². The average Bonchev–Trinajstić information content (AvgIpc) is 2.69. The fourth-order valence-corrected chi connectivity index (χ4v) is 3.36. The van der Waals surface area contributed by atoms with Crippen molar-refractivity contribution in [2.75, 3.05) is 36.1 Å². The van der Waals surface area contributed by atoms with Gasteiger partial charge in [-0.1, -0.05) is 13.3 Å². The van der Waals surface area contributed by atoms with Crippen LogP contribution >= 0.6 is 0 Å². The largest absolute Gasteiger partial charge is 0.396 e. The minimum Gasteiger partial charge on any atom is -0.396 e. The smallest absolute Gasteiger partial charge is 0.229 e. The molecule has 0 saturated carbocycles. The van der Waals surface area contributed by atoms with Crippen molar-refractivity contribution >= 4 is 23.1 Å². The highest BCUT2D eigenvalue weighted by atomic mass is 19.1. The van der Waals surface area contributed by atoms with Gasteiger partial charge in [-0.15, -0.1) is 0 Å². The number of likely N-dealkylation sites (N-methyl/N-ethyl adjacent to an activating group) is 1. The normalized spacial score (nSPS) is 17.1. The van der Waals surface area contributed by atoms with Crippen LogP contribution in [0.2, 0.25) is 0 Å². The summed E-state index contributed by atoms with van der Waals surface area (Å²) in [5.74, 6) is 1.04. The number of nitrogens with one attached hydrogen (secondary N) is 2. The van der Waals surface area contributed by atoms with Gasteiger partial charge >= 0.3 is 0 Å². The first-order valence-electron chi connectivity index (χ1n) is 9.71. The summed E-state index contributed by atoms with van der Waals surface area (Å²) in [6, 6.07) is 7.13. The first kappa shape index (κ1) is 19.4. The fourth-order valence-electron chi connectivity index (χ4n) is 3.36. The van der Waals surface area contributed by atoms with E-state index in [0.717, 1.165) is 50.3 Å². The van der Waals surface area contributed by atoms with Gasteiger partial charge in [0, 0.05) is 36.6 Å². The van der Waals surface area contributed by atoms with Crippen LogP contribution in [0, 0.1) is 5.82 Å². The molecule has 1 aliphatic rings. The highest BCUT2D eigenvalue weighted by molar-refractivity contribution is 5.61. The standard InChI is InChI=1S/C20H29FN6/c1-3-4-6-14-12-19(27-10-5-7-16(13-27)23-2)26-20(24-14)25-15-8-9-17(21)18(22)11-15/h8-9,11-12,16,23H,3-7,10,13,22H2,1-2H3,(H,24,25,26)/t16-/m1/s1. The number of anilines is 4. The second-order valence-electron chi connectivity index (χ2n) is 7.08. The van der Waals surface area contributed by atoms with Crippen LogP contribution in [0.4, 0.5) is 27.5 Å². The van der Waals surface area contributed by atoms with Crippen LogP contribution in [0.15, 0.2) is 24.3 Å². The lowest BCUT2D eigenvalue weighted by atomic mass is 10.1. The molecule has 2 aromatic rings. The molecule has 1 atom stereocenters. The zero-order valence-corrected chi connectivity index (χ0v) is 16.1. The molecule has 1 aromatic heterocycles. The maximum atomic E-state index is 13.4. The van der Waals surface area contributed by atoms with Gasteiger partial charge in [0.25, 0.3) is 0 Å². The lowest BCUT2D eigenvalue weighted by Gasteiger charge is -2.33. The fraction of sp³-hybridized carbons (Fsp3) is 0.500. The van der Waals surface area contributed by atoms with Crippen LogP contribution in [0.1, 0.15) is 38.3 Å². The monoisotopic (exact) mass is 372 g/mol. The summed E-state index contributed by atoms with van der Waals surface area (Å²) in [5, 5.41) is 6.55. The lowest BCUT2D eigenvalue weighted by molar-refractivity contribution is 0.447. The molecular weight excluding hydrogens is 343 g/mol. The van der Waals surface area contributed by atoms with E-state index in [0.29, 0.717) is 17.7 Å². The van der Waals surface area contributed by atoms with Gasteiger partial charge < -0.3 is 21.3 Å². The first-order chi connectivity index (χ1) is 13.1. The summed E-state index contributed by atoms with van der Waals surface area (Å²) in [6.45, 7) is 4.10. The van der Waals surface area contributed by atoms with Gasteiger partial charge in [0.1, 0.15) is 11.6 Å². The summed E-state index contributed by atoms with van der Waals surface area (Å²) in [5.41, 5.74) is 7.48. The molecule has 7 heteroatoms. The van der Waals surface area contributed by atoms with Crippen molar-refractivity contribution in [3.8, 4) is 0 Å². The summed E-state index contributed by atoms with van der Waals surface area (Å²) in [7, 11) is 2.01.